The average molecular weight is 401 g/mol. The lowest BCUT2D eigenvalue weighted by molar-refractivity contribution is -0.137. The molecule has 0 aliphatic rings. The predicted octanol–water partition coefficient (Wildman–Crippen LogP) is 4.72. The van der Waals surface area contributed by atoms with E-state index >= 15 is 0 Å². The van der Waals surface area contributed by atoms with Crippen LogP contribution in [-0.2, 0) is 15.8 Å². The standard InChI is InChI=1S/C18H16ClF3N2O3/c1-11(25)23-15-7-2-12(18(20,21)22)10-16(15)24-17(26)8-9-27-14-5-3-13(19)4-6-14/h2-7,10H,8-9H2,1H3,(H,23,25)(H,24,26). The Kier molecular flexibility index (Phi) is 6.68. The van der Waals surface area contributed by atoms with Crippen molar-refractivity contribution in [3.05, 3.63) is 53.1 Å². The Morgan fingerprint density at radius 1 is 1.04 bits per heavy atom. The van der Waals surface area contributed by atoms with Crippen molar-refractivity contribution in [2.45, 2.75) is 19.5 Å². The lowest BCUT2D eigenvalue weighted by Crippen LogP contribution is -2.18. The van der Waals surface area contributed by atoms with Gasteiger partial charge in [-0.05, 0) is 42.5 Å². The van der Waals surface area contributed by atoms with Crippen LogP contribution >= 0.6 is 11.6 Å². The molecule has 0 saturated carbocycles. The van der Waals surface area contributed by atoms with Crippen LogP contribution in [0, 0.1) is 0 Å². The molecule has 0 fully saturated rings. The molecule has 9 heteroatoms. The molecule has 2 rings (SSSR count). The molecule has 2 N–H and O–H groups in total. The zero-order chi connectivity index (χ0) is 20.0. The van der Waals surface area contributed by atoms with Crippen LogP contribution in [0.15, 0.2) is 42.5 Å². The number of hydrogen-bond acceptors (Lipinski definition) is 3. The third-order valence-electron chi connectivity index (χ3n) is 3.34. The quantitative estimate of drug-likeness (QED) is 0.737. The maximum Gasteiger partial charge on any atom is 0.416 e. The number of carbonyl (C=O) groups excluding carboxylic acids is 2. The number of anilines is 2. The van der Waals surface area contributed by atoms with Gasteiger partial charge in [-0.1, -0.05) is 11.6 Å². The van der Waals surface area contributed by atoms with Gasteiger partial charge in [0.25, 0.3) is 0 Å². The first-order chi connectivity index (χ1) is 12.6. The summed E-state index contributed by atoms with van der Waals surface area (Å²) in [7, 11) is 0. The molecule has 0 radical (unpaired) electrons. The number of halogens is 4. The minimum Gasteiger partial charge on any atom is -0.493 e. The van der Waals surface area contributed by atoms with Crippen LogP contribution in [0.4, 0.5) is 24.5 Å². The van der Waals surface area contributed by atoms with Gasteiger partial charge in [-0.15, -0.1) is 0 Å². The third-order valence-corrected chi connectivity index (χ3v) is 3.60. The number of rotatable bonds is 6. The molecule has 5 nitrogen and oxygen atoms in total. The van der Waals surface area contributed by atoms with Crippen LogP contribution in [0.5, 0.6) is 5.75 Å². The largest absolute Gasteiger partial charge is 0.493 e. The van der Waals surface area contributed by atoms with E-state index in [1.165, 1.54) is 6.92 Å². The highest BCUT2D eigenvalue weighted by Crippen LogP contribution is 2.34. The van der Waals surface area contributed by atoms with Gasteiger partial charge in [0.2, 0.25) is 11.8 Å². The Hall–Kier alpha value is -2.74. The first-order valence-corrected chi connectivity index (χ1v) is 8.20. The third kappa shape index (κ3) is 6.49. The van der Waals surface area contributed by atoms with Gasteiger partial charge in [-0.25, -0.2) is 0 Å². The van der Waals surface area contributed by atoms with E-state index in [0.717, 1.165) is 18.2 Å². The topological polar surface area (TPSA) is 67.4 Å². The minimum atomic E-state index is -4.58. The second-order valence-electron chi connectivity index (χ2n) is 5.54. The van der Waals surface area contributed by atoms with Crippen molar-refractivity contribution in [1.29, 1.82) is 0 Å². The maximum absolute atomic E-state index is 12.9. The molecule has 2 amide bonds. The SMILES string of the molecule is CC(=O)Nc1ccc(C(F)(F)F)cc1NC(=O)CCOc1ccc(Cl)cc1. The molecule has 2 aromatic rings. The summed E-state index contributed by atoms with van der Waals surface area (Å²) in [6, 6.07) is 9.18. The number of nitrogens with one attached hydrogen (secondary N) is 2. The lowest BCUT2D eigenvalue weighted by atomic mass is 10.1. The fourth-order valence-corrected chi connectivity index (χ4v) is 2.25. The number of ether oxygens (including phenoxy) is 1. The van der Waals surface area contributed by atoms with Gasteiger partial charge in [0.05, 0.1) is 30.0 Å². The average Bonchev–Trinajstić information content (AvgIpc) is 2.57. The van der Waals surface area contributed by atoms with Crippen molar-refractivity contribution in [1.82, 2.24) is 0 Å². The Morgan fingerprint density at radius 3 is 2.30 bits per heavy atom. The van der Waals surface area contributed by atoms with E-state index in [2.05, 4.69) is 10.6 Å². The van der Waals surface area contributed by atoms with Crippen LogP contribution in [0.25, 0.3) is 0 Å². The van der Waals surface area contributed by atoms with Crippen molar-refractivity contribution in [3.63, 3.8) is 0 Å². The zero-order valence-corrected chi connectivity index (χ0v) is 14.9. The molecule has 0 heterocycles. The molecule has 0 spiro atoms. The molecule has 27 heavy (non-hydrogen) atoms. The number of amides is 2. The summed E-state index contributed by atoms with van der Waals surface area (Å²) in [4.78, 5) is 23.3. The van der Waals surface area contributed by atoms with Crippen molar-refractivity contribution in [3.8, 4) is 5.75 Å². The van der Waals surface area contributed by atoms with Crippen LogP contribution in [0.2, 0.25) is 5.02 Å². The van der Waals surface area contributed by atoms with Gasteiger partial charge >= 0.3 is 6.18 Å². The molecule has 2 aromatic carbocycles. The summed E-state index contributed by atoms with van der Waals surface area (Å²) in [5.41, 5.74) is -1.01. The number of alkyl halides is 3. The first kappa shape index (κ1) is 20.6. The Bertz CT molecular complexity index is 824. The van der Waals surface area contributed by atoms with Crippen LogP contribution < -0.4 is 15.4 Å². The summed E-state index contributed by atoms with van der Waals surface area (Å²) in [5.74, 6) is -0.531. The molecule has 0 atom stereocenters. The van der Waals surface area contributed by atoms with Crippen LogP contribution in [0.3, 0.4) is 0 Å². The van der Waals surface area contributed by atoms with E-state index in [0.29, 0.717) is 10.8 Å². The molecular weight excluding hydrogens is 385 g/mol. The highest BCUT2D eigenvalue weighted by atomic mass is 35.5. The zero-order valence-electron chi connectivity index (χ0n) is 14.2. The van der Waals surface area contributed by atoms with Crippen LogP contribution in [-0.4, -0.2) is 18.4 Å². The number of benzene rings is 2. The van der Waals surface area contributed by atoms with Gasteiger partial charge in [0.1, 0.15) is 5.75 Å². The fraction of sp³-hybridized carbons (Fsp3) is 0.222. The molecular formula is C18H16ClF3N2O3. The number of carbonyl (C=O) groups is 2. The molecule has 0 aliphatic heterocycles. The molecule has 0 aliphatic carbocycles. The van der Waals surface area contributed by atoms with Crippen molar-refractivity contribution >= 4 is 34.8 Å². The molecule has 144 valence electrons. The molecule has 0 aromatic heterocycles. The smallest absolute Gasteiger partial charge is 0.416 e. The monoisotopic (exact) mass is 400 g/mol. The lowest BCUT2D eigenvalue weighted by Gasteiger charge is -2.15. The Morgan fingerprint density at radius 2 is 1.70 bits per heavy atom. The van der Waals surface area contributed by atoms with Crippen molar-refractivity contribution in [2.75, 3.05) is 17.2 Å². The van der Waals surface area contributed by atoms with Gasteiger partial charge < -0.3 is 15.4 Å². The molecule has 0 unspecified atom stereocenters. The predicted molar refractivity (Wildman–Crippen MR) is 95.9 cm³/mol. The summed E-state index contributed by atoms with van der Waals surface area (Å²) < 4.78 is 44.0. The van der Waals surface area contributed by atoms with E-state index < -0.39 is 23.6 Å². The fourth-order valence-electron chi connectivity index (χ4n) is 2.13. The first-order valence-electron chi connectivity index (χ1n) is 7.82. The van der Waals surface area contributed by atoms with Gasteiger partial charge in [0, 0.05) is 11.9 Å². The summed E-state index contributed by atoms with van der Waals surface area (Å²) in [5, 5.41) is 5.29. The summed E-state index contributed by atoms with van der Waals surface area (Å²) >= 11 is 5.75. The number of hydrogen-bond donors (Lipinski definition) is 2. The van der Waals surface area contributed by atoms with E-state index in [-0.39, 0.29) is 24.4 Å². The Labute approximate surface area is 158 Å². The van der Waals surface area contributed by atoms with Gasteiger partial charge in [-0.2, -0.15) is 13.2 Å². The maximum atomic E-state index is 12.9. The summed E-state index contributed by atoms with van der Waals surface area (Å²) in [6.45, 7) is 1.23. The minimum absolute atomic E-state index is 0.0158. The molecule has 0 bridgehead atoms. The summed E-state index contributed by atoms with van der Waals surface area (Å²) in [6.07, 6.45) is -4.68. The molecule has 0 saturated heterocycles. The van der Waals surface area contributed by atoms with E-state index in [4.69, 9.17) is 16.3 Å². The Balaban J connectivity index is 2.03. The highest BCUT2D eigenvalue weighted by Gasteiger charge is 2.31. The van der Waals surface area contributed by atoms with E-state index in [1.54, 1.807) is 24.3 Å². The van der Waals surface area contributed by atoms with Crippen LogP contribution in [0.1, 0.15) is 18.9 Å². The van der Waals surface area contributed by atoms with Crippen molar-refractivity contribution in [2.24, 2.45) is 0 Å². The van der Waals surface area contributed by atoms with Crippen molar-refractivity contribution < 1.29 is 27.5 Å². The van der Waals surface area contributed by atoms with Gasteiger partial charge in [-0.3, -0.25) is 9.59 Å². The second-order valence-corrected chi connectivity index (χ2v) is 5.98. The van der Waals surface area contributed by atoms with Gasteiger partial charge in [0.15, 0.2) is 0 Å². The van der Waals surface area contributed by atoms with E-state index in [1.807, 2.05) is 0 Å². The van der Waals surface area contributed by atoms with E-state index in [9.17, 15) is 22.8 Å². The second kappa shape index (κ2) is 8.77. The highest BCUT2D eigenvalue weighted by molar-refractivity contribution is 6.30. The normalized spacial score (nSPS) is 11.0.